The Kier molecular flexibility index (Phi) is 1.57. The average Bonchev–Trinajstić information content (AvgIpc) is 2.95. The van der Waals surface area contributed by atoms with E-state index < -0.39 is 0 Å². The van der Waals surface area contributed by atoms with Crippen molar-refractivity contribution in [3.63, 3.8) is 0 Å². The monoisotopic (exact) mass is 201 g/mol. The minimum Gasteiger partial charge on any atom is -0.294 e. The molecule has 4 aliphatic carbocycles. The molecule has 7 unspecified atom stereocenters. The van der Waals surface area contributed by atoms with E-state index in [1.54, 1.807) is 0 Å². The number of nitrogens with zero attached hydrogens (tertiary/aromatic N) is 1. The van der Waals surface area contributed by atoms with Crippen LogP contribution >= 0.6 is 0 Å². The number of aliphatic imine (C=N–C) groups is 1. The molecule has 0 radical (unpaired) electrons. The maximum atomic E-state index is 4.70. The first kappa shape index (κ1) is 8.55. The largest absolute Gasteiger partial charge is 0.294 e. The highest BCUT2D eigenvalue weighted by atomic mass is 14.8. The molecular weight excluding hydrogens is 182 g/mol. The second-order valence-corrected chi connectivity index (χ2v) is 5.97. The normalized spacial score (nSPS) is 59.7. The zero-order valence-corrected chi connectivity index (χ0v) is 9.34. The van der Waals surface area contributed by atoms with E-state index >= 15 is 0 Å². The maximum Gasteiger partial charge on any atom is 0.0529 e. The molecule has 0 N–H and O–H groups in total. The van der Waals surface area contributed by atoms with Crippen LogP contribution in [0.1, 0.15) is 26.2 Å². The quantitative estimate of drug-likeness (QED) is 0.351. The first-order valence-corrected chi connectivity index (χ1v) is 6.54. The molecule has 4 bridgehead atoms. The second kappa shape index (κ2) is 2.75. The zero-order valence-electron chi connectivity index (χ0n) is 9.34. The van der Waals surface area contributed by atoms with Gasteiger partial charge in [-0.2, -0.15) is 0 Å². The lowest BCUT2D eigenvalue weighted by Crippen LogP contribution is -2.32. The van der Waals surface area contributed by atoms with Gasteiger partial charge in [0.05, 0.1) is 6.04 Å². The Hall–Kier alpha value is -0.590. The standard InChI is InChI=1S/C14H19N/c1-2-15-12-7-10-6-11(12)14-9-4-3-8(5-9)13(10)14/h2-4,8-14H,5-7H2,1H3. The first-order chi connectivity index (χ1) is 7.38. The van der Waals surface area contributed by atoms with Crippen LogP contribution in [0, 0.1) is 35.5 Å². The van der Waals surface area contributed by atoms with Gasteiger partial charge in [0, 0.05) is 0 Å². The van der Waals surface area contributed by atoms with Crippen molar-refractivity contribution in [2.24, 2.45) is 40.5 Å². The topological polar surface area (TPSA) is 12.4 Å². The van der Waals surface area contributed by atoms with Gasteiger partial charge in [-0.15, -0.1) is 0 Å². The number of rotatable bonds is 1. The van der Waals surface area contributed by atoms with Crippen LogP contribution < -0.4 is 0 Å². The van der Waals surface area contributed by atoms with Crippen molar-refractivity contribution >= 4 is 6.21 Å². The van der Waals surface area contributed by atoms with Crippen molar-refractivity contribution in [3.05, 3.63) is 12.2 Å². The molecule has 0 aromatic heterocycles. The molecule has 1 nitrogen and oxygen atoms in total. The molecule has 0 amide bonds. The van der Waals surface area contributed by atoms with E-state index in [2.05, 4.69) is 19.1 Å². The Morgan fingerprint density at radius 2 is 1.87 bits per heavy atom. The molecule has 0 spiro atoms. The minimum absolute atomic E-state index is 0.689. The van der Waals surface area contributed by atoms with E-state index in [4.69, 9.17) is 4.99 Å². The lowest BCUT2D eigenvalue weighted by Gasteiger charge is -2.35. The summed E-state index contributed by atoms with van der Waals surface area (Å²) >= 11 is 0. The third-order valence-electron chi connectivity index (χ3n) is 5.58. The Morgan fingerprint density at radius 3 is 2.67 bits per heavy atom. The third kappa shape index (κ3) is 0.926. The highest BCUT2D eigenvalue weighted by molar-refractivity contribution is 5.53. The van der Waals surface area contributed by atoms with Crippen molar-refractivity contribution in [1.29, 1.82) is 0 Å². The van der Waals surface area contributed by atoms with E-state index in [-0.39, 0.29) is 0 Å². The SMILES string of the molecule is CC=NC1CC2CC1C1C3C=CC(C3)C21. The number of allylic oxidation sites excluding steroid dienone is 2. The first-order valence-electron chi connectivity index (χ1n) is 6.54. The van der Waals surface area contributed by atoms with E-state index in [1.807, 2.05) is 6.21 Å². The molecule has 3 fully saturated rings. The second-order valence-electron chi connectivity index (χ2n) is 5.97. The molecule has 0 aromatic carbocycles. The summed E-state index contributed by atoms with van der Waals surface area (Å²) in [7, 11) is 0. The highest BCUT2D eigenvalue weighted by Crippen LogP contribution is 2.65. The van der Waals surface area contributed by atoms with Crippen LogP contribution in [0.4, 0.5) is 0 Å². The van der Waals surface area contributed by atoms with Gasteiger partial charge >= 0.3 is 0 Å². The molecule has 4 aliphatic rings. The van der Waals surface area contributed by atoms with Crippen molar-refractivity contribution in [2.45, 2.75) is 32.2 Å². The molecule has 15 heavy (non-hydrogen) atoms. The van der Waals surface area contributed by atoms with Crippen LogP contribution in [0.5, 0.6) is 0 Å². The number of fused-ring (bicyclic) bond motifs is 9. The van der Waals surface area contributed by atoms with Crippen molar-refractivity contribution in [3.8, 4) is 0 Å². The summed E-state index contributed by atoms with van der Waals surface area (Å²) in [5, 5.41) is 0. The molecular formula is C14H19N. The number of hydrogen-bond donors (Lipinski definition) is 0. The van der Waals surface area contributed by atoms with Gasteiger partial charge in [0.1, 0.15) is 0 Å². The van der Waals surface area contributed by atoms with Gasteiger partial charge in [0.15, 0.2) is 0 Å². The predicted molar refractivity (Wildman–Crippen MR) is 61.9 cm³/mol. The van der Waals surface area contributed by atoms with Gasteiger partial charge in [-0.25, -0.2) is 0 Å². The van der Waals surface area contributed by atoms with Gasteiger partial charge in [0.25, 0.3) is 0 Å². The Labute approximate surface area is 91.7 Å². The molecule has 3 saturated carbocycles. The average molecular weight is 201 g/mol. The summed E-state index contributed by atoms with van der Waals surface area (Å²) in [6.45, 7) is 2.07. The predicted octanol–water partition coefficient (Wildman–Crippen LogP) is 2.92. The van der Waals surface area contributed by atoms with Crippen molar-refractivity contribution in [2.75, 3.05) is 0 Å². The summed E-state index contributed by atoms with van der Waals surface area (Å²) in [4.78, 5) is 4.70. The summed E-state index contributed by atoms with van der Waals surface area (Å²) in [6.07, 6.45) is 11.4. The van der Waals surface area contributed by atoms with Crippen molar-refractivity contribution < 1.29 is 0 Å². The van der Waals surface area contributed by atoms with Gasteiger partial charge in [-0.05, 0) is 67.9 Å². The Morgan fingerprint density at radius 1 is 1.07 bits per heavy atom. The van der Waals surface area contributed by atoms with Crippen LogP contribution in [0.25, 0.3) is 0 Å². The van der Waals surface area contributed by atoms with Gasteiger partial charge < -0.3 is 0 Å². The minimum atomic E-state index is 0.689. The molecule has 7 atom stereocenters. The molecule has 0 saturated heterocycles. The van der Waals surface area contributed by atoms with Crippen LogP contribution in [0.3, 0.4) is 0 Å². The van der Waals surface area contributed by atoms with Gasteiger partial charge in [0.2, 0.25) is 0 Å². The fourth-order valence-electron chi connectivity index (χ4n) is 5.34. The smallest absolute Gasteiger partial charge is 0.0529 e. The van der Waals surface area contributed by atoms with Crippen LogP contribution in [0.2, 0.25) is 0 Å². The maximum absolute atomic E-state index is 4.70. The van der Waals surface area contributed by atoms with E-state index in [0.717, 1.165) is 35.5 Å². The molecule has 0 aliphatic heterocycles. The Balaban J connectivity index is 1.68. The van der Waals surface area contributed by atoms with E-state index in [9.17, 15) is 0 Å². The van der Waals surface area contributed by atoms with Crippen LogP contribution in [-0.2, 0) is 0 Å². The summed E-state index contributed by atoms with van der Waals surface area (Å²) < 4.78 is 0. The molecule has 80 valence electrons. The summed E-state index contributed by atoms with van der Waals surface area (Å²) in [6, 6.07) is 0.689. The van der Waals surface area contributed by atoms with Crippen LogP contribution in [-0.4, -0.2) is 12.3 Å². The van der Waals surface area contributed by atoms with E-state index in [1.165, 1.54) is 19.3 Å². The summed E-state index contributed by atoms with van der Waals surface area (Å²) in [5.41, 5.74) is 0. The molecule has 4 rings (SSSR count). The highest BCUT2D eigenvalue weighted by Gasteiger charge is 2.60. The zero-order chi connectivity index (χ0) is 9.99. The lowest BCUT2D eigenvalue weighted by molar-refractivity contribution is 0.187. The summed E-state index contributed by atoms with van der Waals surface area (Å²) in [5.74, 6) is 5.94. The van der Waals surface area contributed by atoms with Gasteiger partial charge in [-0.1, -0.05) is 12.2 Å². The molecule has 0 heterocycles. The molecule has 0 aromatic rings. The Bertz CT molecular complexity index is 343. The van der Waals surface area contributed by atoms with E-state index in [0.29, 0.717) is 6.04 Å². The third-order valence-corrected chi connectivity index (χ3v) is 5.58. The fraction of sp³-hybridized carbons (Fsp3) is 0.786. The lowest BCUT2D eigenvalue weighted by atomic mass is 9.72. The van der Waals surface area contributed by atoms with Crippen molar-refractivity contribution in [1.82, 2.24) is 0 Å². The fourth-order valence-corrected chi connectivity index (χ4v) is 5.34. The van der Waals surface area contributed by atoms with Crippen LogP contribution in [0.15, 0.2) is 17.1 Å². The molecule has 1 heteroatoms. The number of hydrogen-bond acceptors (Lipinski definition) is 1. The van der Waals surface area contributed by atoms with Gasteiger partial charge in [-0.3, -0.25) is 4.99 Å².